The molecule has 0 saturated heterocycles. The second-order valence-electron chi connectivity index (χ2n) is 3.11. The van der Waals surface area contributed by atoms with Crippen LogP contribution in [0.25, 0.3) is 0 Å². The molecule has 1 aromatic carbocycles. The Kier molecular flexibility index (Phi) is 4.80. The molecular formula is C10H9Br3O2. The second kappa shape index (κ2) is 5.46. The van der Waals surface area contributed by atoms with E-state index in [-0.39, 0.29) is 9.65 Å². The normalized spacial score (nSPS) is 11.4. The number of carbonyl (C=O) groups is 1. The van der Waals surface area contributed by atoms with Gasteiger partial charge in [0.15, 0.2) is 0 Å². The number of hydrogen-bond acceptors (Lipinski definition) is 1. The summed E-state index contributed by atoms with van der Waals surface area (Å²) in [4.78, 5) is 10.5. The first-order chi connectivity index (χ1) is 6.95. The van der Waals surface area contributed by atoms with E-state index in [9.17, 15) is 4.79 Å². The highest BCUT2D eigenvalue weighted by atomic mass is 79.9. The third kappa shape index (κ3) is 3.89. The Balaban J connectivity index is 2.85. The quantitative estimate of drug-likeness (QED) is 0.783. The third-order valence-electron chi connectivity index (χ3n) is 1.90. The lowest BCUT2D eigenvalue weighted by Gasteiger charge is -2.17. The maximum absolute atomic E-state index is 10.5. The Hall–Kier alpha value is 0.130. The molecule has 82 valence electrons. The zero-order valence-corrected chi connectivity index (χ0v) is 12.5. The minimum absolute atomic E-state index is 0.0617. The average molecular weight is 401 g/mol. The van der Waals surface area contributed by atoms with Crippen LogP contribution in [0, 0.1) is 0 Å². The molecule has 0 heterocycles. The van der Waals surface area contributed by atoms with Crippen LogP contribution < -0.4 is 0 Å². The topological polar surface area (TPSA) is 37.3 Å². The fourth-order valence-electron chi connectivity index (χ4n) is 1.12. The van der Waals surface area contributed by atoms with Crippen molar-refractivity contribution < 1.29 is 9.90 Å². The molecule has 0 fully saturated rings. The Labute approximate surface area is 113 Å². The second-order valence-corrected chi connectivity index (χ2v) is 7.44. The molecule has 0 radical (unpaired) electrons. The van der Waals surface area contributed by atoms with Crippen LogP contribution >= 0.6 is 47.8 Å². The van der Waals surface area contributed by atoms with E-state index in [1.165, 1.54) is 0 Å². The molecule has 5 heteroatoms. The number of rotatable bonds is 4. The van der Waals surface area contributed by atoms with Crippen LogP contribution in [0.3, 0.4) is 0 Å². The van der Waals surface area contributed by atoms with Gasteiger partial charge < -0.3 is 5.11 Å². The standard InChI is InChI=1S/C10H9Br3O2/c11-6-10(12,13)8-3-1-7(2-4-8)5-9(14)15/h1-4H,5-6H2,(H,14,15). The van der Waals surface area contributed by atoms with Crippen molar-refractivity contribution in [2.75, 3.05) is 5.33 Å². The molecule has 0 aliphatic heterocycles. The predicted octanol–water partition coefficient (Wildman–Crippen LogP) is 3.65. The first-order valence-electron chi connectivity index (χ1n) is 4.20. The molecule has 0 spiro atoms. The molecule has 15 heavy (non-hydrogen) atoms. The van der Waals surface area contributed by atoms with Crippen LogP contribution in [0.2, 0.25) is 0 Å². The SMILES string of the molecule is O=C(O)Cc1ccc(C(Br)(Br)CBr)cc1. The number of hydrogen-bond donors (Lipinski definition) is 1. The Morgan fingerprint density at radius 3 is 2.20 bits per heavy atom. The molecule has 1 rings (SSSR count). The molecule has 0 unspecified atom stereocenters. The van der Waals surface area contributed by atoms with Crippen LogP contribution in [0.5, 0.6) is 0 Å². The van der Waals surface area contributed by atoms with Gasteiger partial charge in [-0.15, -0.1) is 0 Å². The van der Waals surface area contributed by atoms with Gasteiger partial charge in [0.25, 0.3) is 0 Å². The van der Waals surface area contributed by atoms with Crippen LogP contribution in [-0.4, -0.2) is 16.4 Å². The van der Waals surface area contributed by atoms with E-state index in [0.29, 0.717) is 0 Å². The van der Waals surface area contributed by atoms with Crippen molar-refractivity contribution in [3.8, 4) is 0 Å². The zero-order chi connectivity index (χ0) is 11.5. The fraction of sp³-hybridized carbons (Fsp3) is 0.300. The molecule has 0 amide bonds. The molecule has 0 bridgehead atoms. The number of benzene rings is 1. The van der Waals surface area contributed by atoms with Crippen LogP contribution in [0.1, 0.15) is 11.1 Å². The van der Waals surface area contributed by atoms with Crippen molar-refractivity contribution in [1.29, 1.82) is 0 Å². The predicted molar refractivity (Wildman–Crippen MR) is 71.1 cm³/mol. The maximum Gasteiger partial charge on any atom is 0.307 e. The monoisotopic (exact) mass is 398 g/mol. The molecular weight excluding hydrogens is 392 g/mol. The van der Waals surface area contributed by atoms with Gasteiger partial charge in [0.2, 0.25) is 0 Å². The number of halogens is 3. The number of carboxylic acids is 1. The summed E-state index contributed by atoms with van der Waals surface area (Å²) in [6.45, 7) is 0. The minimum Gasteiger partial charge on any atom is -0.481 e. The lowest BCUT2D eigenvalue weighted by molar-refractivity contribution is -0.136. The first kappa shape index (κ1) is 13.2. The van der Waals surface area contributed by atoms with E-state index in [4.69, 9.17) is 5.11 Å². The first-order valence-corrected chi connectivity index (χ1v) is 6.91. The summed E-state index contributed by atoms with van der Waals surface area (Å²) in [5.41, 5.74) is 1.85. The van der Waals surface area contributed by atoms with Gasteiger partial charge in [0, 0.05) is 5.33 Å². The van der Waals surface area contributed by atoms with Gasteiger partial charge >= 0.3 is 5.97 Å². The summed E-state index contributed by atoms with van der Waals surface area (Å²) >= 11 is 10.4. The molecule has 0 atom stereocenters. The van der Waals surface area contributed by atoms with Crippen molar-refractivity contribution in [2.45, 2.75) is 9.65 Å². The van der Waals surface area contributed by atoms with Crippen LogP contribution in [-0.2, 0) is 14.4 Å². The van der Waals surface area contributed by atoms with Crippen molar-refractivity contribution >= 4 is 53.8 Å². The van der Waals surface area contributed by atoms with Crippen LogP contribution in [0.4, 0.5) is 0 Å². The molecule has 0 aliphatic rings. The molecule has 2 nitrogen and oxygen atoms in total. The summed E-state index contributed by atoms with van der Waals surface area (Å²) in [6, 6.07) is 7.46. The summed E-state index contributed by atoms with van der Waals surface area (Å²) in [6.07, 6.45) is 0.0617. The van der Waals surface area contributed by atoms with Gasteiger partial charge in [0.05, 0.1) is 6.42 Å². The van der Waals surface area contributed by atoms with E-state index in [1.807, 2.05) is 24.3 Å². The van der Waals surface area contributed by atoms with Gasteiger partial charge in [-0.25, -0.2) is 0 Å². The van der Waals surface area contributed by atoms with Gasteiger partial charge in [-0.1, -0.05) is 72.1 Å². The van der Waals surface area contributed by atoms with Crippen molar-refractivity contribution in [1.82, 2.24) is 0 Å². The van der Waals surface area contributed by atoms with Crippen molar-refractivity contribution in [3.05, 3.63) is 35.4 Å². The van der Waals surface area contributed by atoms with Crippen LogP contribution in [0.15, 0.2) is 24.3 Å². The molecule has 1 aromatic rings. The zero-order valence-electron chi connectivity index (χ0n) is 7.71. The van der Waals surface area contributed by atoms with Gasteiger partial charge in [-0.05, 0) is 11.1 Å². The Bertz CT molecular complexity index is 346. The molecule has 0 aliphatic carbocycles. The number of aliphatic carboxylic acids is 1. The number of alkyl halides is 3. The van der Waals surface area contributed by atoms with Crippen molar-refractivity contribution in [2.24, 2.45) is 0 Å². The molecule has 0 saturated carbocycles. The van der Waals surface area contributed by atoms with E-state index < -0.39 is 5.97 Å². The summed E-state index contributed by atoms with van der Waals surface area (Å²) < 4.78 is -0.290. The number of carboxylic acid groups (broad SMARTS) is 1. The molecule has 1 N–H and O–H groups in total. The smallest absolute Gasteiger partial charge is 0.307 e. The summed E-state index contributed by atoms with van der Waals surface area (Å²) in [7, 11) is 0. The summed E-state index contributed by atoms with van der Waals surface area (Å²) in [5, 5.41) is 9.34. The lowest BCUT2D eigenvalue weighted by Crippen LogP contribution is -2.10. The van der Waals surface area contributed by atoms with E-state index in [2.05, 4.69) is 47.8 Å². The van der Waals surface area contributed by atoms with E-state index in [0.717, 1.165) is 16.5 Å². The summed E-state index contributed by atoms with van der Waals surface area (Å²) in [5.74, 6) is -0.813. The fourth-order valence-corrected chi connectivity index (χ4v) is 1.97. The highest BCUT2D eigenvalue weighted by Crippen LogP contribution is 2.39. The molecule has 0 aromatic heterocycles. The van der Waals surface area contributed by atoms with Gasteiger partial charge in [-0.3, -0.25) is 4.79 Å². The van der Waals surface area contributed by atoms with E-state index >= 15 is 0 Å². The minimum atomic E-state index is -0.813. The lowest BCUT2D eigenvalue weighted by atomic mass is 10.1. The Morgan fingerprint density at radius 2 is 1.80 bits per heavy atom. The van der Waals surface area contributed by atoms with Gasteiger partial charge in [-0.2, -0.15) is 0 Å². The van der Waals surface area contributed by atoms with E-state index in [1.54, 1.807) is 0 Å². The Morgan fingerprint density at radius 1 is 1.27 bits per heavy atom. The highest BCUT2D eigenvalue weighted by molar-refractivity contribution is 9.25. The van der Waals surface area contributed by atoms with Gasteiger partial charge in [0.1, 0.15) is 3.23 Å². The maximum atomic E-state index is 10.5. The largest absolute Gasteiger partial charge is 0.481 e. The highest BCUT2D eigenvalue weighted by Gasteiger charge is 2.23. The van der Waals surface area contributed by atoms with Crippen molar-refractivity contribution in [3.63, 3.8) is 0 Å². The third-order valence-corrected chi connectivity index (χ3v) is 5.72. The average Bonchev–Trinajstić information content (AvgIpc) is 2.18.